The van der Waals surface area contributed by atoms with Crippen molar-refractivity contribution in [2.24, 2.45) is 0 Å². The summed E-state index contributed by atoms with van der Waals surface area (Å²) in [5.41, 5.74) is 1.07. The molecule has 1 atom stereocenters. The average Bonchev–Trinajstić information content (AvgIpc) is 2.47. The first kappa shape index (κ1) is 17.8. The summed E-state index contributed by atoms with van der Waals surface area (Å²) in [7, 11) is 7.61. The Bertz CT molecular complexity index is 444. The minimum Gasteiger partial charge on any atom is -0.497 e. The first-order valence-electron chi connectivity index (χ1n) is 7.51. The van der Waals surface area contributed by atoms with Crippen molar-refractivity contribution in [1.29, 1.82) is 0 Å². The monoisotopic (exact) mass is 294 g/mol. The molecule has 1 aromatic rings. The highest BCUT2D eigenvalue weighted by Crippen LogP contribution is 2.37. The van der Waals surface area contributed by atoms with Gasteiger partial charge in [-0.1, -0.05) is 6.92 Å². The SMILES string of the molecule is CCCNC(c1cc(OC)ccc1OC)C(C)(C)N(C)C. The van der Waals surface area contributed by atoms with E-state index in [1.54, 1.807) is 14.2 Å². The Hall–Kier alpha value is -1.26. The van der Waals surface area contributed by atoms with Crippen molar-refractivity contribution in [3.05, 3.63) is 23.8 Å². The van der Waals surface area contributed by atoms with Crippen molar-refractivity contribution in [2.75, 3.05) is 34.9 Å². The van der Waals surface area contributed by atoms with E-state index in [4.69, 9.17) is 9.47 Å². The number of likely N-dealkylation sites (N-methyl/N-ethyl adjacent to an activating group) is 1. The van der Waals surface area contributed by atoms with Gasteiger partial charge in [0.25, 0.3) is 0 Å². The number of nitrogens with zero attached hydrogens (tertiary/aromatic N) is 1. The lowest BCUT2D eigenvalue weighted by atomic mass is 9.86. The van der Waals surface area contributed by atoms with Gasteiger partial charge < -0.3 is 19.7 Å². The molecule has 4 nitrogen and oxygen atoms in total. The third-order valence-corrected chi connectivity index (χ3v) is 4.21. The molecular formula is C17H30N2O2. The third-order valence-electron chi connectivity index (χ3n) is 4.21. The summed E-state index contributed by atoms with van der Waals surface area (Å²) in [6, 6.07) is 6.12. The van der Waals surface area contributed by atoms with Crippen LogP contribution in [0.4, 0.5) is 0 Å². The van der Waals surface area contributed by atoms with Crippen LogP contribution in [0.1, 0.15) is 38.8 Å². The van der Waals surface area contributed by atoms with Crippen LogP contribution in [-0.4, -0.2) is 45.3 Å². The van der Waals surface area contributed by atoms with Gasteiger partial charge in [0.1, 0.15) is 11.5 Å². The lowest BCUT2D eigenvalue weighted by Crippen LogP contribution is -2.49. The number of benzene rings is 1. The molecule has 0 bridgehead atoms. The van der Waals surface area contributed by atoms with E-state index >= 15 is 0 Å². The highest BCUT2D eigenvalue weighted by Gasteiger charge is 2.34. The van der Waals surface area contributed by atoms with E-state index in [0.29, 0.717) is 0 Å². The summed E-state index contributed by atoms with van der Waals surface area (Å²) in [6.07, 6.45) is 1.09. The first-order chi connectivity index (χ1) is 9.88. The Kier molecular flexibility index (Phi) is 6.49. The predicted molar refractivity (Wildman–Crippen MR) is 88.3 cm³/mol. The Morgan fingerprint density at radius 2 is 1.86 bits per heavy atom. The number of ether oxygens (including phenoxy) is 2. The average molecular weight is 294 g/mol. The lowest BCUT2D eigenvalue weighted by Gasteiger charge is -2.41. The zero-order valence-electron chi connectivity index (χ0n) is 14.5. The van der Waals surface area contributed by atoms with Gasteiger partial charge in [0, 0.05) is 11.1 Å². The largest absolute Gasteiger partial charge is 0.497 e. The molecule has 0 amide bonds. The van der Waals surface area contributed by atoms with Crippen LogP contribution < -0.4 is 14.8 Å². The van der Waals surface area contributed by atoms with Crippen LogP contribution in [0, 0.1) is 0 Å². The summed E-state index contributed by atoms with van der Waals surface area (Å²) in [5, 5.41) is 3.66. The maximum absolute atomic E-state index is 5.57. The molecule has 120 valence electrons. The molecule has 1 aromatic carbocycles. The second-order valence-corrected chi connectivity index (χ2v) is 6.04. The van der Waals surface area contributed by atoms with E-state index in [1.807, 2.05) is 12.1 Å². The van der Waals surface area contributed by atoms with Crippen molar-refractivity contribution >= 4 is 0 Å². The van der Waals surface area contributed by atoms with Crippen LogP contribution in [-0.2, 0) is 0 Å². The normalized spacial score (nSPS) is 13.3. The fourth-order valence-electron chi connectivity index (χ4n) is 2.35. The van der Waals surface area contributed by atoms with E-state index in [0.717, 1.165) is 30.0 Å². The van der Waals surface area contributed by atoms with E-state index in [9.17, 15) is 0 Å². The molecule has 1 unspecified atom stereocenters. The van der Waals surface area contributed by atoms with Crippen molar-refractivity contribution in [1.82, 2.24) is 10.2 Å². The Morgan fingerprint density at radius 1 is 1.19 bits per heavy atom. The van der Waals surface area contributed by atoms with Crippen LogP contribution in [0.25, 0.3) is 0 Å². The van der Waals surface area contributed by atoms with Gasteiger partial charge in [0.2, 0.25) is 0 Å². The molecule has 0 fully saturated rings. The fourth-order valence-corrected chi connectivity index (χ4v) is 2.35. The Balaban J connectivity index is 3.30. The van der Waals surface area contributed by atoms with Gasteiger partial charge in [-0.25, -0.2) is 0 Å². The fraction of sp³-hybridized carbons (Fsp3) is 0.647. The van der Waals surface area contributed by atoms with E-state index < -0.39 is 0 Å². The summed E-state index contributed by atoms with van der Waals surface area (Å²) in [6.45, 7) is 7.61. The van der Waals surface area contributed by atoms with Crippen LogP contribution >= 0.6 is 0 Å². The summed E-state index contributed by atoms with van der Waals surface area (Å²) >= 11 is 0. The number of hydrogen-bond donors (Lipinski definition) is 1. The van der Waals surface area contributed by atoms with Crippen molar-refractivity contribution in [3.8, 4) is 11.5 Å². The van der Waals surface area contributed by atoms with Gasteiger partial charge in [-0.05, 0) is 59.1 Å². The summed E-state index contributed by atoms with van der Waals surface area (Å²) in [5.74, 6) is 1.74. The molecular weight excluding hydrogens is 264 g/mol. The van der Waals surface area contributed by atoms with Gasteiger partial charge in [-0.3, -0.25) is 0 Å². The molecule has 0 aliphatic rings. The van der Waals surface area contributed by atoms with Gasteiger partial charge in [0.15, 0.2) is 0 Å². The van der Waals surface area contributed by atoms with E-state index in [2.05, 4.69) is 51.1 Å². The standard InChI is InChI=1S/C17H30N2O2/c1-8-11-18-16(17(2,3)19(4)5)14-12-13(20-6)9-10-15(14)21-7/h9-10,12,16,18H,8,11H2,1-7H3. The molecule has 0 aliphatic carbocycles. The van der Waals surface area contributed by atoms with Crippen LogP contribution in [0.5, 0.6) is 11.5 Å². The molecule has 0 heterocycles. The van der Waals surface area contributed by atoms with Gasteiger partial charge >= 0.3 is 0 Å². The summed E-state index contributed by atoms with van der Waals surface area (Å²) in [4.78, 5) is 2.24. The molecule has 1 N–H and O–H groups in total. The zero-order chi connectivity index (χ0) is 16.0. The molecule has 1 rings (SSSR count). The molecule has 0 aromatic heterocycles. The number of nitrogens with one attached hydrogen (secondary N) is 1. The number of methoxy groups -OCH3 is 2. The zero-order valence-corrected chi connectivity index (χ0v) is 14.5. The Labute approximate surface area is 129 Å². The van der Waals surface area contributed by atoms with Gasteiger partial charge in [0.05, 0.1) is 20.3 Å². The number of hydrogen-bond acceptors (Lipinski definition) is 4. The third kappa shape index (κ3) is 4.11. The first-order valence-corrected chi connectivity index (χ1v) is 7.51. The number of rotatable bonds is 8. The second kappa shape index (κ2) is 7.66. The van der Waals surface area contributed by atoms with Crippen molar-refractivity contribution < 1.29 is 9.47 Å². The van der Waals surface area contributed by atoms with Gasteiger partial charge in [-0.2, -0.15) is 0 Å². The minimum atomic E-state index is -0.0607. The van der Waals surface area contributed by atoms with Crippen LogP contribution in [0.2, 0.25) is 0 Å². The smallest absolute Gasteiger partial charge is 0.123 e. The highest BCUT2D eigenvalue weighted by molar-refractivity contribution is 5.43. The molecule has 0 saturated heterocycles. The maximum atomic E-state index is 5.57. The molecule has 0 saturated carbocycles. The maximum Gasteiger partial charge on any atom is 0.123 e. The topological polar surface area (TPSA) is 33.7 Å². The van der Waals surface area contributed by atoms with Gasteiger partial charge in [-0.15, -0.1) is 0 Å². The predicted octanol–water partition coefficient (Wildman–Crippen LogP) is 3.08. The lowest BCUT2D eigenvalue weighted by molar-refractivity contribution is 0.136. The Morgan fingerprint density at radius 3 is 2.33 bits per heavy atom. The minimum absolute atomic E-state index is 0.0607. The van der Waals surface area contributed by atoms with Crippen molar-refractivity contribution in [2.45, 2.75) is 38.8 Å². The molecule has 0 radical (unpaired) electrons. The van der Waals surface area contributed by atoms with Crippen LogP contribution in [0.3, 0.4) is 0 Å². The molecule has 0 aliphatic heterocycles. The van der Waals surface area contributed by atoms with E-state index in [-0.39, 0.29) is 11.6 Å². The van der Waals surface area contributed by atoms with E-state index in [1.165, 1.54) is 0 Å². The highest BCUT2D eigenvalue weighted by atomic mass is 16.5. The van der Waals surface area contributed by atoms with Crippen LogP contribution in [0.15, 0.2) is 18.2 Å². The van der Waals surface area contributed by atoms with Crippen molar-refractivity contribution in [3.63, 3.8) is 0 Å². The summed E-state index contributed by atoms with van der Waals surface area (Å²) < 4.78 is 11.0. The molecule has 0 spiro atoms. The second-order valence-electron chi connectivity index (χ2n) is 6.04. The quantitative estimate of drug-likeness (QED) is 0.799. The molecule has 21 heavy (non-hydrogen) atoms. The molecule has 4 heteroatoms.